The molecule has 0 aromatic heterocycles. The summed E-state index contributed by atoms with van der Waals surface area (Å²) in [6.07, 6.45) is 3.41. The molecule has 3 heteroatoms. The summed E-state index contributed by atoms with van der Waals surface area (Å²) in [7, 11) is 0. The molecule has 0 aromatic carbocycles. The molecular formula is C11H24N2O. The fraction of sp³-hybridized carbons (Fsp3) is 1.00. The number of aliphatic hydroxyl groups excluding tert-OH is 1. The van der Waals surface area contributed by atoms with Crippen LogP contribution in [0.2, 0.25) is 0 Å². The van der Waals surface area contributed by atoms with E-state index >= 15 is 0 Å². The second-order valence-corrected chi connectivity index (χ2v) is 4.39. The average molecular weight is 200 g/mol. The molecule has 3 nitrogen and oxygen atoms in total. The fourth-order valence-electron chi connectivity index (χ4n) is 2.57. The Morgan fingerprint density at radius 1 is 1.57 bits per heavy atom. The summed E-state index contributed by atoms with van der Waals surface area (Å²) in [4.78, 5) is 2.46. The second kappa shape index (κ2) is 5.69. The van der Waals surface area contributed by atoms with Gasteiger partial charge in [0.05, 0.1) is 6.61 Å². The van der Waals surface area contributed by atoms with E-state index in [0.717, 1.165) is 25.9 Å². The van der Waals surface area contributed by atoms with Crippen LogP contribution in [-0.2, 0) is 0 Å². The quantitative estimate of drug-likeness (QED) is 0.690. The van der Waals surface area contributed by atoms with Crippen molar-refractivity contribution in [1.82, 2.24) is 4.90 Å². The first-order valence-corrected chi connectivity index (χ1v) is 5.81. The van der Waals surface area contributed by atoms with Gasteiger partial charge in [-0.15, -0.1) is 0 Å². The lowest BCUT2D eigenvalue weighted by molar-refractivity contribution is 0.0971. The van der Waals surface area contributed by atoms with Gasteiger partial charge in [0.25, 0.3) is 0 Å². The monoisotopic (exact) mass is 200 g/mol. The van der Waals surface area contributed by atoms with Crippen molar-refractivity contribution in [3.63, 3.8) is 0 Å². The van der Waals surface area contributed by atoms with Gasteiger partial charge in [0.15, 0.2) is 0 Å². The predicted octanol–water partition coefficient (Wildman–Crippen LogP) is 0.817. The van der Waals surface area contributed by atoms with E-state index in [4.69, 9.17) is 5.73 Å². The average Bonchev–Trinajstić information content (AvgIpc) is 2.56. The fourth-order valence-corrected chi connectivity index (χ4v) is 2.57. The molecule has 0 amide bonds. The molecule has 0 spiro atoms. The third kappa shape index (κ3) is 2.47. The summed E-state index contributed by atoms with van der Waals surface area (Å²) >= 11 is 0. The van der Waals surface area contributed by atoms with Gasteiger partial charge in [0.1, 0.15) is 0 Å². The summed E-state index contributed by atoms with van der Waals surface area (Å²) < 4.78 is 0. The maximum Gasteiger partial charge on any atom is 0.0589 e. The molecule has 1 aliphatic rings. The van der Waals surface area contributed by atoms with Crippen molar-refractivity contribution in [2.24, 2.45) is 11.7 Å². The van der Waals surface area contributed by atoms with E-state index in [1.807, 2.05) is 0 Å². The van der Waals surface area contributed by atoms with Gasteiger partial charge in [0.2, 0.25) is 0 Å². The van der Waals surface area contributed by atoms with E-state index in [1.54, 1.807) is 0 Å². The Balaban J connectivity index is 2.56. The molecule has 1 rings (SSSR count). The third-order valence-electron chi connectivity index (χ3n) is 3.55. The molecule has 1 fully saturated rings. The first-order valence-electron chi connectivity index (χ1n) is 5.81. The zero-order chi connectivity index (χ0) is 10.6. The van der Waals surface area contributed by atoms with Crippen LogP contribution in [0.1, 0.15) is 33.1 Å². The number of hydrogen-bond acceptors (Lipinski definition) is 3. The lowest BCUT2D eigenvalue weighted by atomic mass is 10.0. The smallest absolute Gasteiger partial charge is 0.0589 e. The number of aliphatic hydroxyl groups is 1. The minimum Gasteiger partial charge on any atom is -0.395 e. The van der Waals surface area contributed by atoms with E-state index in [2.05, 4.69) is 18.7 Å². The van der Waals surface area contributed by atoms with E-state index in [9.17, 15) is 5.11 Å². The molecule has 84 valence electrons. The molecule has 3 N–H and O–H groups in total. The first-order chi connectivity index (χ1) is 6.74. The van der Waals surface area contributed by atoms with Crippen LogP contribution in [0, 0.1) is 5.92 Å². The maximum atomic E-state index is 9.35. The minimum absolute atomic E-state index is 0.294. The molecule has 0 bridgehead atoms. The number of nitrogens with zero attached hydrogens (tertiary/aromatic N) is 1. The number of likely N-dealkylation sites (tertiary alicyclic amines) is 1. The zero-order valence-electron chi connectivity index (χ0n) is 9.45. The topological polar surface area (TPSA) is 49.5 Å². The van der Waals surface area contributed by atoms with Crippen molar-refractivity contribution in [3.05, 3.63) is 0 Å². The molecule has 1 heterocycles. The van der Waals surface area contributed by atoms with Gasteiger partial charge in [-0.2, -0.15) is 0 Å². The van der Waals surface area contributed by atoms with Crippen LogP contribution < -0.4 is 5.73 Å². The van der Waals surface area contributed by atoms with Crippen LogP contribution in [-0.4, -0.2) is 41.8 Å². The summed E-state index contributed by atoms with van der Waals surface area (Å²) in [5.41, 5.74) is 5.60. The third-order valence-corrected chi connectivity index (χ3v) is 3.55. The van der Waals surface area contributed by atoms with Crippen LogP contribution in [0.3, 0.4) is 0 Å². The van der Waals surface area contributed by atoms with Gasteiger partial charge in [-0.3, -0.25) is 4.90 Å². The number of rotatable bonds is 5. The first kappa shape index (κ1) is 12.0. The molecule has 1 saturated heterocycles. The Hall–Kier alpha value is -0.120. The highest BCUT2D eigenvalue weighted by molar-refractivity contribution is 4.88. The van der Waals surface area contributed by atoms with Crippen LogP contribution >= 0.6 is 0 Å². The lowest BCUT2D eigenvalue weighted by Crippen LogP contribution is -2.43. The summed E-state index contributed by atoms with van der Waals surface area (Å²) in [6, 6.07) is 0.939. The summed E-state index contributed by atoms with van der Waals surface area (Å²) in [6.45, 7) is 6.61. The van der Waals surface area contributed by atoms with Crippen molar-refractivity contribution in [3.8, 4) is 0 Å². The summed E-state index contributed by atoms with van der Waals surface area (Å²) in [5.74, 6) is 0.631. The Kier molecular flexibility index (Phi) is 4.85. The lowest BCUT2D eigenvalue weighted by Gasteiger charge is -2.32. The standard InChI is InChI=1S/C11H24N2O/c1-3-10(4-6-12)13-7-5-9(2)11(13)8-14/h9-11,14H,3-8,12H2,1-2H3. The van der Waals surface area contributed by atoms with Crippen LogP contribution in [0.5, 0.6) is 0 Å². The van der Waals surface area contributed by atoms with Gasteiger partial charge in [-0.25, -0.2) is 0 Å². The highest BCUT2D eigenvalue weighted by atomic mass is 16.3. The number of hydrogen-bond donors (Lipinski definition) is 2. The van der Waals surface area contributed by atoms with E-state index in [0.29, 0.717) is 24.6 Å². The highest BCUT2D eigenvalue weighted by Gasteiger charge is 2.33. The Morgan fingerprint density at radius 3 is 2.79 bits per heavy atom. The molecule has 0 aliphatic carbocycles. The zero-order valence-corrected chi connectivity index (χ0v) is 9.45. The van der Waals surface area contributed by atoms with Crippen molar-refractivity contribution >= 4 is 0 Å². The van der Waals surface area contributed by atoms with Crippen molar-refractivity contribution in [2.75, 3.05) is 19.7 Å². The molecule has 3 atom stereocenters. The van der Waals surface area contributed by atoms with E-state index in [-0.39, 0.29) is 0 Å². The largest absolute Gasteiger partial charge is 0.395 e. The van der Waals surface area contributed by atoms with Crippen molar-refractivity contribution in [1.29, 1.82) is 0 Å². The van der Waals surface area contributed by atoms with Gasteiger partial charge in [0, 0.05) is 12.1 Å². The summed E-state index contributed by atoms with van der Waals surface area (Å²) in [5, 5.41) is 9.35. The molecule has 0 aromatic rings. The van der Waals surface area contributed by atoms with Crippen molar-refractivity contribution < 1.29 is 5.11 Å². The van der Waals surface area contributed by atoms with Crippen LogP contribution in [0.25, 0.3) is 0 Å². The Labute approximate surface area is 87.3 Å². The normalized spacial score (nSPS) is 30.9. The predicted molar refractivity (Wildman–Crippen MR) is 59.1 cm³/mol. The second-order valence-electron chi connectivity index (χ2n) is 4.39. The molecule has 3 unspecified atom stereocenters. The molecule has 14 heavy (non-hydrogen) atoms. The van der Waals surface area contributed by atoms with E-state index < -0.39 is 0 Å². The highest BCUT2D eigenvalue weighted by Crippen LogP contribution is 2.27. The number of nitrogens with two attached hydrogens (primary N) is 1. The van der Waals surface area contributed by atoms with Crippen LogP contribution in [0.4, 0.5) is 0 Å². The van der Waals surface area contributed by atoms with Gasteiger partial charge in [-0.05, 0) is 38.3 Å². The van der Waals surface area contributed by atoms with Crippen LogP contribution in [0.15, 0.2) is 0 Å². The molecule has 0 radical (unpaired) electrons. The minimum atomic E-state index is 0.294. The Bertz CT molecular complexity index is 163. The van der Waals surface area contributed by atoms with E-state index in [1.165, 1.54) is 6.42 Å². The molecular weight excluding hydrogens is 176 g/mol. The van der Waals surface area contributed by atoms with Gasteiger partial charge in [-0.1, -0.05) is 13.8 Å². The maximum absolute atomic E-state index is 9.35. The van der Waals surface area contributed by atoms with Gasteiger partial charge >= 0.3 is 0 Å². The molecule has 0 saturated carbocycles. The van der Waals surface area contributed by atoms with Crippen molar-refractivity contribution in [2.45, 2.75) is 45.2 Å². The SMILES string of the molecule is CCC(CCN)N1CCC(C)C1CO. The Morgan fingerprint density at radius 2 is 2.29 bits per heavy atom. The van der Waals surface area contributed by atoms with Gasteiger partial charge < -0.3 is 10.8 Å². The molecule has 1 aliphatic heterocycles.